The van der Waals surface area contributed by atoms with E-state index in [-0.39, 0.29) is 32.4 Å². The monoisotopic (exact) mass is 830 g/mol. The van der Waals surface area contributed by atoms with Crippen LogP contribution < -0.4 is 7.74 Å². The maximum atomic E-state index is 17.4. The molecule has 0 N–H and O–H groups in total. The van der Waals surface area contributed by atoms with Crippen LogP contribution in [0.4, 0.5) is 35.1 Å². The van der Waals surface area contributed by atoms with E-state index in [4.69, 9.17) is 0 Å². The number of hydrogen-bond donors (Lipinski definition) is 0. The van der Waals surface area contributed by atoms with Gasteiger partial charge in [-0.2, -0.15) is 0 Å². The summed E-state index contributed by atoms with van der Waals surface area (Å²) in [6.45, 7) is 11.0. The Balaban J connectivity index is 1.70. The zero-order chi connectivity index (χ0) is 41.3. The molecule has 304 valence electrons. The summed E-state index contributed by atoms with van der Waals surface area (Å²) in [6.07, 6.45) is 14.5. The van der Waals surface area contributed by atoms with E-state index < -0.39 is 82.2 Å². The fraction of sp³-hybridized carbons (Fsp3) is 0.391. The summed E-state index contributed by atoms with van der Waals surface area (Å²) >= 11 is -6.06. The Bertz CT molecular complexity index is 2070. The molecular formula is C46H50F8N2Ti. The van der Waals surface area contributed by atoms with Gasteiger partial charge in [-0.15, -0.1) is 0 Å². The molecule has 2 atom stereocenters. The van der Waals surface area contributed by atoms with Crippen LogP contribution in [0.25, 0.3) is 11.4 Å². The van der Waals surface area contributed by atoms with Crippen molar-refractivity contribution in [1.29, 1.82) is 0 Å². The van der Waals surface area contributed by atoms with Crippen molar-refractivity contribution in [3.63, 3.8) is 0 Å². The molecule has 57 heavy (non-hydrogen) atoms. The minimum absolute atomic E-state index is 0.0607. The number of hydrogen-bond acceptors (Lipinski definition) is 0. The molecule has 2 aromatic heterocycles. The van der Waals surface area contributed by atoms with Crippen LogP contribution in [0.15, 0.2) is 68.5 Å². The van der Waals surface area contributed by atoms with E-state index in [1.165, 1.54) is 33.4 Å². The summed E-state index contributed by atoms with van der Waals surface area (Å²) in [4.78, 5) is 0. The SMILES string of the molecule is CCCCC(CC)c1ccc(C)n1-c1c(F)c(F)[c]([Ti]([C]2=CC=CC2)([C]2=CC=CC2)[c]2c(F)c(F)c(-n3c(C)ccc3C(CC)CCCC)c(F)c2F)c(F)c1F. The molecule has 0 spiro atoms. The Morgan fingerprint density at radius 2 is 0.877 bits per heavy atom. The van der Waals surface area contributed by atoms with Crippen molar-refractivity contribution in [3.8, 4) is 11.4 Å². The first-order valence-electron chi connectivity index (χ1n) is 20.1. The van der Waals surface area contributed by atoms with Crippen LogP contribution in [-0.2, 0) is 16.6 Å². The van der Waals surface area contributed by atoms with Crippen LogP contribution in [0.3, 0.4) is 0 Å². The summed E-state index contributed by atoms with van der Waals surface area (Å²) in [5.41, 5.74) is -0.428. The van der Waals surface area contributed by atoms with Gasteiger partial charge < -0.3 is 0 Å². The van der Waals surface area contributed by atoms with Gasteiger partial charge >= 0.3 is 335 Å². The molecule has 2 aliphatic carbocycles. The molecule has 0 aliphatic heterocycles. The number of nitrogens with zero attached hydrogens (tertiary/aromatic N) is 2. The summed E-state index contributed by atoms with van der Waals surface area (Å²) in [5.74, 6) is -14.8. The Labute approximate surface area is 334 Å². The molecule has 2 aromatic carbocycles. The van der Waals surface area contributed by atoms with Crippen molar-refractivity contribution in [1.82, 2.24) is 9.13 Å². The third-order valence-electron chi connectivity index (χ3n) is 12.0. The molecule has 2 nitrogen and oxygen atoms in total. The number of allylic oxidation sites excluding steroid dienone is 8. The average molecular weight is 831 g/mol. The predicted molar refractivity (Wildman–Crippen MR) is 209 cm³/mol. The van der Waals surface area contributed by atoms with Gasteiger partial charge in [-0.05, 0) is 0 Å². The molecule has 0 saturated carbocycles. The Morgan fingerprint density at radius 3 is 1.16 bits per heavy atom. The Hall–Kier alpha value is -3.89. The average Bonchev–Trinajstić information content (AvgIpc) is 4.05. The molecule has 2 aliphatic rings. The number of aromatic nitrogens is 2. The standard InChI is InChI=1S/2C18H20F4N.2C5H5.Ti/c2*1-4-6-7-12(5-2)15-9-8-11(3)23(15)18-16(21)13(19)10-14(20)17(18)22;2*1-2-4-5-3-1;/h2*8-9,12H,4-7H2,1-3H3;2*1-3H,4H2;. The molecular weight excluding hydrogens is 780 g/mol. The van der Waals surface area contributed by atoms with Crippen LogP contribution in [0.2, 0.25) is 0 Å². The zero-order valence-electron chi connectivity index (χ0n) is 33.4. The van der Waals surface area contributed by atoms with Crippen molar-refractivity contribution >= 4 is 7.74 Å². The van der Waals surface area contributed by atoms with Crippen molar-refractivity contribution in [2.45, 2.75) is 118 Å². The summed E-state index contributed by atoms with van der Waals surface area (Å²) in [6, 6.07) is 6.58. The molecule has 6 rings (SSSR count). The normalized spacial score (nSPS) is 15.2. The molecule has 0 bridgehead atoms. The van der Waals surface area contributed by atoms with Gasteiger partial charge in [0.05, 0.1) is 0 Å². The van der Waals surface area contributed by atoms with Crippen molar-refractivity contribution in [2.24, 2.45) is 0 Å². The van der Waals surface area contributed by atoms with E-state index in [2.05, 4.69) is 0 Å². The Morgan fingerprint density at radius 1 is 0.526 bits per heavy atom. The molecule has 0 saturated heterocycles. The molecule has 4 aromatic rings. The number of benzene rings is 2. The third-order valence-corrected chi connectivity index (χ3v) is 19.9. The van der Waals surface area contributed by atoms with E-state index >= 15 is 35.1 Å². The third kappa shape index (κ3) is 7.06. The maximum absolute atomic E-state index is 17.4. The van der Waals surface area contributed by atoms with E-state index in [9.17, 15) is 0 Å². The zero-order valence-corrected chi connectivity index (χ0v) is 35.0. The second kappa shape index (κ2) is 17.5. The molecule has 2 unspecified atom stereocenters. The topological polar surface area (TPSA) is 9.86 Å². The molecule has 0 radical (unpaired) electrons. The second-order valence-corrected chi connectivity index (χ2v) is 21.2. The van der Waals surface area contributed by atoms with Gasteiger partial charge in [-0.25, -0.2) is 0 Å². The van der Waals surface area contributed by atoms with Gasteiger partial charge in [-0.3, -0.25) is 0 Å². The van der Waals surface area contributed by atoms with Crippen molar-refractivity contribution in [2.75, 3.05) is 0 Å². The molecule has 0 amide bonds. The summed E-state index contributed by atoms with van der Waals surface area (Å²) in [5, 5.41) is 0. The minimum atomic E-state index is -6.06. The Kier molecular flexibility index (Phi) is 13.1. The first kappa shape index (κ1) is 42.7. The van der Waals surface area contributed by atoms with Gasteiger partial charge in [0.25, 0.3) is 0 Å². The molecule has 11 heteroatoms. The van der Waals surface area contributed by atoms with Crippen molar-refractivity contribution < 1.29 is 51.7 Å². The van der Waals surface area contributed by atoms with Crippen molar-refractivity contribution in [3.05, 3.63) is 138 Å². The number of aryl methyl sites for hydroxylation is 2. The van der Waals surface area contributed by atoms with Gasteiger partial charge in [0, 0.05) is 0 Å². The predicted octanol–water partition coefficient (Wildman–Crippen LogP) is 13.2. The summed E-state index contributed by atoms with van der Waals surface area (Å²) in [7, 11) is 0. The van der Waals surface area contributed by atoms with E-state index in [1.807, 2.05) is 27.7 Å². The molecule has 0 fully saturated rings. The summed E-state index contributed by atoms with van der Waals surface area (Å²) < 4.78 is 137. The van der Waals surface area contributed by atoms with Crippen LogP contribution in [0.1, 0.15) is 127 Å². The second-order valence-electron chi connectivity index (χ2n) is 15.3. The number of rotatable bonds is 16. The number of halogens is 8. The molecule has 2 heterocycles. The first-order valence-corrected chi connectivity index (χ1v) is 23.3. The first-order chi connectivity index (χ1) is 27.3. The van der Waals surface area contributed by atoms with Gasteiger partial charge in [0.1, 0.15) is 0 Å². The fourth-order valence-electron chi connectivity index (χ4n) is 9.10. The quantitative estimate of drug-likeness (QED) is 0.0605. The van der Waals surface area contributed by atoms with E-state index in [0.717, 1.165) is 25.7 Å². The number of unbranched alkanes of at least 4 members (excludes halogenated alkanes) is 2. The van der Waals surface area contributed by atoms with Crippen LogP contribution in [0.5, 0.6) is 0 Å². The van der Waals surface area contributed by atoms with Crippen LogP contribution in [0, 0.1) is 60.4 Å². The van der Waals surface area contributed by atoms with Crippen LogP contribution in [-0.4, -0.2) is 9.13 Å². The van der Waals surface area contributed by atoms with Gasteiger partial charge in [0.15, 0.2) is 0 Å². The van der Waals surface area contributed by atoms with E-state index in [1.54, 1.807) is 50.3 Å². The van der Waals surface area contributed by atoms with E-state index in [0.29, 0.717) is 48.5 Å². The van der Waals surface area contributed by atoms with Gasteiger partial charge in [-0.1, -0.05) is 0 Å². The van der Waals surface area contributed by atoms with Gasteiger partial charge in [0.2, 0.25) is 0 Å². The van der Waals surface area contributed by atoms with Crippen LogP contribution >= 0.6 is 0 Å². The fourth-order valence-corrected chi connectivity index (χ4v) is 17.3.